The van der Waals surface area contributed by atoms with Crippen LogP contribution in [0.15, 0.2) is 24.5 Å². The summed E-state index contributed by atoms with van der Waals surface area (Å²) in [6.45, 7) is 3.43. The smallest absolute Gasteiger partial charge is 0.0324 e. The van der Waals surface area contributed by atoms with E-state index in [1.54, 1.807) is 0 Å². The Balaban J connectivity index is 2.11. The Hall–Kier alpha value is -0.890. The van der Waals surface area contributed by atoms with Gasteiger partial charge in [0.1, 0.15) is 0 Å². The van der Waals surface area contributed by atoms with E-state index in [0.717, 1.165) is 12.5 Å². The minimum atomic E-state index is 0.558. The number of hydrogen-bond donors (Lipinski definition) is 1. The number of nitrogens with one attached hydrogen (secondary N) is 1. The maximum absolute atomic E-state index is 4.01. The van der Waals surface area contributed by atoms with E-state index < -0.39 is 0 Å². The Bertz CT molecular complexity index is 245. The highest BCUT2D eigenvalue weighted by Gasteiger charge is 2.21. The Morgan fingerprint density at radius 3 is 2.75 bits per heavy atom. The Labute approximate surface area is 73.0 Å². The van der Waals surface area contributed by atoms with Crippen LogP contribution in [0.4, 0.5) is 0 Å². The van der Waals surface area contributed by atoms with Crippen LogP contribution in [0.25, 0.3) is 0 Å². The minimum Gasteiger partial charge on any atom is -0.310 e. The molecule has 0 saturated carbocycles. The van der Waals surface area contributed by atoms with E-state index >= 15 is 0 Å². The highest BCUT2D eigenvalue weighted by molar-refractivity contribution is 5.16. The van der Waals surface area contributed by atoms with Gasteiger partial charge in [-0.2, -0.15) is 0 Å². The summed E-state index contributed by atoms with van der Waals surface area (Å²) in [5.74, 6) is 0.808. The van der Waals surface area contributed by atoms with Crippen LogP contribution < -0.4 is 5.32 Å². The molecular weight excluding hydrogens is 148 g/mol. The highest BCUT2D eigenvalue weighted by atomic mass is 14.9. The molecule has 1 aliphatic heterocycles. The predicted molar refractivity (Wildman–Crippen MR) is 48.8 cm³/mol. The number of pyridine rings is 1. The van der Waals surface area contributed by atoms with E-state index in [-0.39, 0.29) is 0 Å². The lowest BCUT2D eigenvalue weighted by atomic mass is 10.0. The molecule has 1 saturated heterocycles. The van der Waals surface area contributed by atoms with Crippen molar-refractivity contribution in [2.75, 3.05) is 6.54 Å². The first-order chi connectivity index (χ1) is 5.86. The Morgan fingerprint density at radius 1 is 1.42 bits per heavy atom. The summed E-state index contributed by atoms with van der Waals surface area (Å²) < 4.78 is 0. The second-order valence-electron chi connectivity index (χ2n) is 3.58. The molecule has 1 aromatic heterocycles. The van der Waals surface area contributed by atoms with Gasteiger partial charge in [-0.05, 0) is 36.6 Å². The lowest BCUT2D eigenvalue weighted by molar-refractivity contribution is 0.611. The molecule has 0 radical (unpaired) electrons. The second-order valence-corrected chi connectivity index (χ2v) is 3.58. The summed E-state index contributed by atoms with van der Waals surface area (Å²) >= 11 is 0. The zero-order valence-electron chi connectivity index (χ0n) is 7.33. The van der Waals surface area contributed by atoms with Crippen LogP contribution in [0, 0.1) is 5.92 Å². The molecule has 0 aromatic carbocycles. The number of rotatable bonds is 1. The monoisotopic (exact) mass is 162 g/mol. The van der Waals surface area contributed by atoms with Gasteiger partial charge in [0, 0.05) is 18.4 Å². The van der Waals surface area contributed by atoms with Crippen molar-refractivity contribution in [3.63, 3.8) is 0 Å². The fraction of sp³-hybridized carbons (Fsp3) is 0.500. The zero-order chi connectivity index (χ0) is 8.39. The number of nitrogens with zero attached hydrogens (tertiary/aromatic N) is 1. The molecular formula is C10H14N2. The molecule has 1 aliphatic rings. The van der Waals surface area contributed by atoms with Gasteiger partial charge in [0.05, 0.1) is 0 Å². The molecule has 64 valence electrons. The van der Waals surface area contributed by atoms with Crippen molar-refractivity contribution in [1.29, 1.82) is 0 Å². The topological polar surface area (TPSA) is 24.9 Å². The lowest BCUT2D eigenvalue weighted by Gasteiger charge is -2.09. The van der Waals surface area contributed by atoms with Gasteiger partial charge in [0.15, 0.2) is 0 Å². The molecule has 1 fully saturated rings. The third-order valence-corrected chi connectivity index (χ3v) is 2.46. The van der Waals surface area contributed by atoms with Crippen molar-refractivity contribution < 1.29 is 0 Å². The molecule has 2 rings (SSSR count). The number of aromatic nitrogens is 1. The quantitative estimate of drug-likeness (QED) is 0.680. The van der Waals surface area contributed by atoms with Gasteiger partial charge in [-0.1, -0.05) is 6.92 Å². The predicted octanol–water partition coefficient (Wildman–Crippen LogP) is 1.75. The average Bonchev–Trinajstić information content (AvgIpc) is 2.54. The third-order valence-electron chi connectivity index (χ3n) is 2.46. The molecule has 0 unspecified atom stereocenters. The van der Waals surface area contributed by atoms with Crippen LogP contribution in [0.1, 0.15) is 24.9 Å². The molecule has 1 N–H and O–H groups in total. The molecule has 2 heterocycles. The summed E-state index contributed by atoms with van der Waals surface area (Å²) in [6, 6.07) is 4.74. The zero-order valence-corrected chi connectivity index (χ0v) is 7.33. The summed E-state index contributed by atoms with van der Waals surface area (Å²) in [5, 5.41) is 3.49. The lowest BCUT2D eigenvalue weighted by Crippen LogP contribution is -2.13. The first-order valence-electron chi connectivity index (χ1n) is 4.49. The van der Waals surface area contributed by atoms with E-state index in [1.165, 1.54) is 12.0 Å². The van der Waals surface area contributed by atoms with E-state index in [4.69, 9.17) is 0 Å². The number of hydrogen-bond acceptors (Lipinski definition) is 2. The van der Waals surface area contributed by atoms with Gasteiger partial charge in [-0.25, -0.2) is 0 Å². The highest BCUT2D eigenvalue weighted by Crippen LogP contribution is 2.25. The van der Waals surface area contributed by atoms with E-state index in [2.05, 4.69) is 29.4 Å². The van der Waals surface area contributed by atoms with Crippen LogP contribution in [0.3, 0.4) is 0 Å². The van der Waals surface area contributed by atoms with Gasteiger partial charge in [0.25, 0.3) is 0 Å². The fourth-order valence-corrected chi connectivity index (χ4v) is 1.76. The molecule has 0 aliphatic carbocycles. The molecule has 0 amide bonds. The standard InChI is InChI=1S/C10H14N2/c1-8-6-10(12-7-8)9-2-4-11-5-3-9/h2-5,8,10,12H,6-7H2,1H3/t8-,10-/m1/s1. The van der Waals surface area contributed by atoms with Crippen LogP contribution in [0.2, 0.25) is 0 Å². The van der Waals surface area contributed by atoms with Gasteiger partial charge in [0.2, 0.25) is 0 Å². The van der Waals surface area contributed by atoms with E-state index in [1.807, 2.05) is 12.4 Å². The molecule has 2 nitrogen and oxygen atoms in total. The summed E-state index contributed by atoms with van der Waals surface area (Å²) in [4.78, 5) is 4.01. The van der Waals surface area contributed by atoms with Crippen molar-refractivity contribution in [3.8, 4) is 0 Å². The SMILES string of the molecule is C[C@H]1CN[C@@H](c2ccncc2)C1. The maximum atomic E-state index is 4.01. The molecule has 0 bridgehead atoms. The summed E-state index contributed by atoms with van der Waals surface area (Å²) in [7, 11) is 0. The summed E-state index contributed by atoms with van der Waals surface area (Å²) in [6.07, 6.45) is 4.98. The van der Waals surface area contributed by atoms with E-state index in [9.17, 15) is 0 Å². The average molecular weight is 162 g/mol. The molecule has 2 heteroatoms. The third kappa shape index (κ3) is 1.48. The molecule has 12 heavy (non-hydrogen) atoms. The van der Waals surface area contributed by atoms with Crippen LogP contribution >= 0.6 is 0 Å². The Morgan fingerprint density at radius 2 is 2.17 bits per heavy atom. The summed E-state index contributed by atoms with van der Waals surface area (Å²) in [5.41, 5.74) is 1.37. The van der Waals surface area contributed by atoms with Gasteiger partial charge < -0.3 is 5.32 Å². The van der Waals surface area contributed by atoms with E-state index in [0.29, 0.717) is 6.04 Å². The normalized spacial score (nSPS) is 29.1. The fourth-order valence-electron chi connectivity index (χ4n) is 1.76. The molecule has 1 aromatic rings. The van der Waals surface area contributed by atoms with Crippen LogP contribution in [0.5, 0.6) is 0 Å². The van der Waals surface area contributed by atoms with Crippen molar-refractivity contribution in [2.45, 2.75) is 19.4 Å². The first kappa shape index (κ1) is 7.74. The largest absolute Gasteiger partial charge is 0.310 e. The van der Waals surface area contributed by atoms with Crippen molar-refractivity contribution in [3.05, 3.63) is 30.1 Å². The molecule has 2 atom stereocenters. The van der Waals surface area contributed by atoms with Crippen molar-refractivity contribution in [1.82, 2.24) is 10.3 Å². The van der Waals surface area contributed by atoms with Crippen LogP contribution in [-0.4, -0.2) is 11.5 Å². The second kappa shape index (κ2) is 3.23. The van der Waals surface area contributed by atoms with Crippen LogP contribution in [-0.2, 0) is 0 Å². The van der Waals surface area contributed by atoms with Gasteiger partial charge >= 0.3 is 0 Å². The maximum Gasteiger partial charge on any atom is 0.0324 e. The van der Waals surface area contributed by atoms with Crippen molar-refractivity contribution in [2.24, 2.45) is 5.92 Å². The first-order valence-corrected chi connectivity index (χ1v) is 4.49. The van der Waals surface area contributed by atoms with Gasteiger partial charge in [-0.3, -0.25) is 4.98 Å². The minimum absolute atomic E-state index is 0.558. The van der Waals surface area contributed by atoms with Gasteiger partial charge in [-0.15, -0.1) is 0 Å². The molecule has 0 spiro atoms. The Kier molecular flexibility index (Phi) is 2.09. The van der Waals surface area contributed by atoms with Crippen molar-refractivity contribution >= 4 is 0 Å².